The van der Waals surface area contributed by atoms with Crippen molar-refractivity contribution in [3.8, 4) is 5.75 Å². The van der Waals surface area contributed by atoms with Crippen LogP contribution in [0.2, 0.25) is 0 Å². The third-order valence-corrected chi connectivity index (χ3v) is 5.04. The zero-order valence-electron chi connectivity index (χ0n) is 16.7. The average Bonchev–Trinajstić information content (AvgIpc) is 2.67. The Morgan fingerprint density at radius 2 is 1.82 bits per heavy atom. The van der Waals surface area contributed by atoms with Gasteiger partial charge in [0.1, 0.15) is 5.75 Å². The van der Waals surface area contributed by atoms with Gasteiger partial charge < -0.3 is 15.4 Å². The van der Waals surface area contributed by atoms with Gasteiger partial charge >= 0.3 is 0 Å². The molecule has 5 nitrogen and oxygen atoms in total. The Kier molecular flexibility index (Phi) is 8.05. The summed E-state index contributed by atoms with van der Waals surface area (Å²) in [5.41, 5.74) is 2.08. The lowest BCUT2D eigenvalue weighted by Gasteiger charge is -2.15. The molecule has 2 aromatic rings. The molecular formula is C22H27BrN2O3. The van der Waals surface area contributed by atoms with Crippen LogP contribution in [0, 0.1) is 0 Å². The molecule has 2 aromatic carbocycles. The molecule has 0 aliphatic carbocycles. The van der Waals surface area contributed by atoms with E-state index >= 15 is 0 Å². The molecule has 0 aliphatic rings. The summed E-state index contributed by atoms with van der Waals surface area (Å²) in [5, 5.41) is 5.67. The molecule has 28 heavy (non-hydrogen) atoms. The van der Waals surface area contributed by atoms with Gasteiger partial charge in [0.15, 0.2) is 6.61 Å². The van der Waals surface area contributed by atoms with Crippen LogP contribution in [0.3, 0.4) is 0 Å². The Morgan fingerprint density at radius 1 is 1.11 bits per heavy atom. The molecule has 0 saturated carbocycles. The molecule has 0 saturated heterocycles. The van der Waals surface area contributed by atoms with Crippen molar-refractivity contribution in [2.24, 2.45) is 0 Å². The lowest BCUT2D eigenvalue weighted by molar-refractivity contribution is -0.118. The van der Waals surface area contributed by atoms with E-state index in [4.69, 9.17) is 4.74 Å². The van der Waals surface area contributed by atoms with Gasteiger partial charge in [-0.25, -0.2) is 0 Å². The van der Waals surface area contributed by atoms with Crippen LogP contribution >= 0.6 is 15.9 Å². The number of anilines is 1. The van der Waals surface area contributed by atoms with Crippen LogP contribution in [-0.2, 0) is 4.79 Å². The lowest BCUT2D eigenvalue weighted by Crippen LogP contribution is -2.33. The highest BCUT2D eigenvalue weighted by Gasteiger charge is 2.15. The van der Waals surface area contributed by atoms with Crippen LogP contribution < -0.4 is 15.4 Å². The van der Waals surface area contributed by atoms with Gasteiger partial charge in [-0.15, -0.1) is 0 Å². The van der Waals surface area contributed by atoms with Gasteiger partial charge in [0.25, 0.3) is 11.8 Å². The Bertz CT molecular complexity index is 836. The summed E-state index contributed by atoms with van der Waals surface area (Å²) in [6.45, 7) is 8.02. The number of ether oxygens (including phenoxy) is 1. The summed E-state index contributed by atoms with van der Waals surface area (Å²) >= 11 is 3.48. The predicted molar refractivity (Wildman–Crippen MR) is 116 cm³/mol. The van der Waals surface area contributed by atoms with E-state index in [-0.39, 0.29) is 24.5 Å². The lowest BCUT2D eigenvalue weighted by atomic mass is 10.0. The average molecular weight is 447 g/mol. The topological polar surface area (TPSA) is 67.4 Å². The first kappa shape index (κ1) is 22.0. The molecule has 0 aromatic heterocycles. The first-order valence-electron chi connectivity index (χ1n) is 9.43. The number of carbonyl (C=O) groups is 2. The quantitative estimate of drug-likeness (QED) is 0.591. The van der Waals surface area contributed by atoms with Gasteiger partial charge in [0.05, 0.1) is 15.7 Å². The molecule has 0 radical (unpaired) electrons. The Hall–Kier alpha value is -2.34. The predicted octanol–water partition coefficient (Wildman–Crippen LogP) is 5.12. The van der Waals surface area contributed by atoms with Crippen molar-refractivity contribution >= 4 is 33.4 Å². The minimum absolute atomic E-state index is 0.0609. The second-order valence-electron chi connectivity index (χ2n) is 7.01. The van der Waals surface area contributed by atoms with Crippen molar-refractivity contribution in [2.75, 3.05) is 11.9 Å². The fraction of sp³-hybridized carbons (Fsp3) is 0.364. The van der Waals surface area contributed by atoms with Crippen LogP contribution in [0.4, 0.5) is 5.69 Å². The largest absolute Gasteiger partial charge is 0.483 e. The van der Waals surface area contributed by atoms with E-state index in [0.717, 1.165) is 10.9 Å². The fourth-order valence-electron chi connectivity index (χ4n) is 2.52. The summed E-state index contributed by atoms with van der Waals surface area (Å²) in [6.07, 6.45) is 0.832. The molecule has 0 unspecified atom stereocenters. The van der Waals surface area contributed by atoms with Crippen molar-refractivity contribution in [1.29, 1.82) is 0 Å². The minimum Gasteiger partial charge on any atom is -0.483 e. The van der Waals surface area contributed by atoms with Crippen LogP contribution in [0.25, 0.3) is 0 Å². The van der Waals surface area contributed by atoms with Crippen molar-refractivity contribution in [3.05, 3.63) is 58.1 Å². The zero-order chi connectivity index (χ0) is 20.7. The number of halogens is 1. The SMILES string of the molecule is CC[C@H](C)NC(=O)c1ccccc1NC(=O)COc1ccc(C(C)C)cc1Br. The molecule has 6 heteroatoms. The van der Waals surface area contributed by atoms with E-state index in [1.807, 2.05) is 32.0 Å². The maximum absolute atomic E-state index is 12.4. The Balaban J connectivity index is 2.01. The molecule has 2 amide bonds. The standard InChI is InChI=1S/C22H27BrN2O3/c1-5-15(4)24-22(27)17-8-6-7-9-19(17)25-21(26)13-28-20-11-10-16(14(2)3)12-18(20)23/h6-12,14-15H,5,13H2,1-4H3,(H,24,27)(H,25,26)/t15-/m0/s1. The number of benzene rings is 2. The highest BCUT2D eigenvalue weighted by atomic mass is 79.9. The second kappa shape index (κ2) is 10.3. The monoisotopic (exact) mass is 446 g/mol. The second-order valence-corrected chi connectivity index (χ2v) is 7.86. The Morgan fingerprint density at radius 3 is 2.46 bits per heavy atom. The third-order valence-electron chi connectivity index (χ3n) is 4.42. The van der Waals surface area contributed by atoms with Gasteiger partial charge in [-0.1, -0.05) is 39.0 Å². The van der Waals surface area contributed by atoms with Crippen molar-refractivity contribution in [1.82, 2.24) is 5.32 Å². The zero-order valence-corrected chi connectivity index (χ0v) is 18.3. The van der Waals surface area contributed by atoms with Crippen molar-refractivity contribution in [2.45, 2.75) is 46.1 Å². The van der Waals surface area contributed by atoms with E-state index in [2.05, 4.69) is 40.4 Å². The van der Waals surface area contributed by atoms with Gasteiger partial charge in [-0.05, 0) is 65.0 Å². The number of hydrogen-bond donors (Lipinski definition) is 2. The molecule has 1 atom stereocenters. The highest BCUT2D eigenvalue weighted by Crippen LogP contribution is 2.29. The summed E-state index contributed by atoms with van der Waals surface area (Å²) in [5.74, 6) is 0.468. The molecule has 0 fully saturated rings. The van der Waals surface area contributed by atoms with Gasteiger partial charge in [0, 0.05) is 6.04 Å². The smallest absolute Gasteiger partial charge is 0.262 e. The fourth-order valence-corrected chi connectivity index (χ4v) is 3.03. The van der Waals surface area contributed by atoms with Gasteiger partial charge in [-0.3, -0.25) is 9.59 Å². The molecule has 0 aliphatic heterocycles. The van der Waals surface area contributed by atoms with E-state index < -0.39 is 0 Å². The normalized spacial score (nSPS) is 11.8. The van der Waals surface area contributed by atoms with E-state index in [0.29, 0.717) is 22.9 Å². The molecule has 0 spiro atoms. The number of nitrogens with one attached hydrogen (secondary N) is 2. The van der Waals surface area contributed by atoms with Crippen molar-refractivity contribution < 1.29 is 14.3 Å². The van der Waals surface area contributed by atoms with Gasteiger partial charge in [0.2, 0.25) is 0 Å². The van der Waals surface area contributed by atoms with Gasteiger partial charge in [-0.2, -0.15) is 0 Å². The van der Waals surface area contributed by atoms with E-state index in [1.54, 1.807) is 24.3 Å². The van der Waals surface area contributed by atoms with Crippen LogP contribution in [0.5, 0.6) is 5.75 Å². The number of para-hydroxylation sites is 1. The van der Waals surface area contributed by atoms with Crippen LogP contribution in [-0.4, -0.2) is 24.5 Å². The van der Waals surface area contributed by atoms with Crippen LogP contribution in [0.15, 0.2) is 46.9 Å². The molecule has 0 bridgehead atoms. The maximum Gasteiger partial charge on any atom is 0.262 e. The molecular weight excluding hydrogens is 420 g/mol. The van der Waals surface area contributed by atoms with Crippen molar-refractivity contribution in [3.63, 3.8) is 0 Å². The number of rotatable bonds is 8. The molecule has 150 valence electrons. The first-order chi connectivity index (χ1) is 13.3. The maximum atomic E-state index is 12.4. The third kappa shape index (κ3) is 6.09. The number of amides is 2. The molecule has 0 heterocycles. The minimum atomic E-state index is -0.330. The summed E-state index contributed by atoms with van der Waals surface area (Å²) in [4.78, 5) is 24.8. The summed E-state index contributed by atoms with van der Waals surface area (Å²) < 4.78 is 6.43. The van der Waals surface area contributed by atoms with Crippen LogP contribution in [0.1, 0.15) is 56.0 Å². The number of hydrogen-bond acceptors (Lipinski definition) is 3. The summed E-state index contributed by atoms with van der Waals surface area (Å²) in [6, 6.07) is 12.8. The highest BCUT2D eigenvalue weighted by molar-refractivity contribution is 9.10. The summed E-state index contributed by atoms with van der Waals surface area (Å²) in [7, 11) is 0. The molecule has 2 N–H and O–H groups in total. The number of carbonyl (C=O) groups excluding carboxylic acids is 2. The van der Waals surface area contributed by atoms with E-state index in [9.17, 15) is 9.59 Å². The molecule has 2 rings (SSSR count). The first-order valence-corrected chi connectivity index (χ1v) is 10.2. The Labute approximate surface area is 175 Å². The van der Waals surface area contributed by atoms with E-state index in [1.165, 1.54) is 5.56 Å².